The molecular weight excluding hydrogens is 376 g/mol. The number of benzene rings is 2. The van der Waals surface area contributed by atoms with Gasteiger partial charge in [0.25, 0.3) is 0 Å². The van der Waals surface area contributed by atoms with Gasteiger partial charge in [-0.1, -0.05) is 49.4 Å². The highest BCUT2D eigenvalue weighted by atomic mass is 32.1. The smallest absolute Gasteiger partial charge is 0.163 e. The van der Waals surface area contributed by atoms with Gasteiger partial charge in [-0.2, -0.15) is 0 Å². The van der Waals surface area contributed by atoms with Crippen LogP contribution in [0.25, 0.3) is 0 Å². The van der Waals surface area contributed by atoms with Crippen LogP contribution in [0.3, 0.4) is 0 Å². The Morgan fingerprint density at radius 3 is 2.45 bits per heavy atom. The second-order valence-electron chi connectivity index (χ2n) is 7.74. The highest BCUT2D eigenvalue weighted by molar-refractivity contribution is 7.12. The summed E-state index contributed by atoms with van der Waals surface area (Å²) in [6.07, 6.45) is 2.43. The van der Waals surface area contributed by atoms with Crippen molar-refractivity contribution in [3.63, 3.8) is 0 Å². The molecule has 1 aromatic heterocycles. The van der Waals surface area contributed by atoms with Crippen LogP contribution in [0.4, 0.5) is 11.4 Å². The first-order valence-electron chi connectivity index (χ1n) is 10.3. The van der Waals surface area contributed by atoms with Gasteiger partial charge in [-0.15, -0.1) is 11.3 Å². The molecule has 3 nitrogen and oxygen atoms in total. The van der Waals surface area contributed by atoms with Gasteiger partial charge in [0, 0.05) is 27.4 Å². The van der Waals surface area contributed by atoms with Crippen molar-refractivity contribution >= 4 is 28.5 Å². The summed E-state index contributed by atoms with van der Waals surface area (Å²) in [5.74, 6) is 0.458. The molecule has 2 unspecified atom stereocenters. The molecule has 2 aromatic carbocycles. The number of thiophene rings is 1. The molecule has 0 bridgehead atoms. The maximum Gasteiger partial charge on any atom is 0.163 e. The molecule has 0 radical (unpaired) electrons. The number of aryl methyl sites for hydroxylation is 1. The van der Waals surface area contributed by atoms with E-state index >= 15 is 0 Å². The number of para-hydroxylation sites is 2. The van der Waals surface area contributed by atoms with Gasteiger partial charge in [-0.05, 0) is 48.6 Å². The Morgan fingerprint density at radius 1 is 0.931 bits per heavy atom. The second kappa shape index (κ2) is 7.53. The standard InChI is InChI=1S/C25H24N2OS/c1-2-18-12-13-23(29-18)25-24-21(26-19-10-6-7-11-20(19)27-25)14-17(15-22(24)28)16-8-4-3-5-9-16/h3-13,17,25-27H,2,14-15H2,1H3. The molecule has 5 rings (SSSR count). The van der Waals surface area contributed by atoms with Gasteiger partial charge in [-0.25, -0.2) is 0 Å². The fourth-order valence-corrected chi connectivity index (χ4v) is 5.42. The third-order valence-electron chi connectivity index (χ3n) is 5.90. The van der Waals surface area contributed by atoms with Gasteiger partial charge in [0.05, 0.1) is 17.4 Å². The van der Waals surface area contributed by atoms with E-state index in [0.29, 0.717) is 6.42 Å². The molecule has 2 aliphatic rings. The van der Waals surface area contributed by atoms with E-state index < -0.39 is 0 Å². The molecule has 1 aliphatic carbocycles. The molecule has 2 heterocycles. The molecule has 2 atom stereocenters. The van der Waals surface area contributed by atoms with Crippen molar-refractivity contribution in [2.24, 2.45) is 0 Å². The molecule has 0 saturated carbocycles. The fraction of sp³-hybridized carbons (Fsp3) is 0.240. The highest BCUT2D eigenvalue weighted by Crippen LogP contribution is 2.45. The van der Waals surface area contributed by atoms with Crippen molar-refractivity contribution in [1.82, 2.24) is 0 Å². The van der Waals surface area contributed by atoms with Crippen molar-refractivity contribution in [3.8, 4) is 0 Å². The third kappa shape index (κ3) is 3.38. The number of fused-ring (bicyclic) bond motifs is 1. The summed E-state index contributed by atoms with van der Waals surface area (Å²) in [7, 11) is 0. The van der Waals surface area contributed by atoms with Crippen molar-refractivity contribution in [1.29, 1.82) is 0 Å². The summed E-state index contributed by atoms with van der Waals surface area (Å²) in [6, 6.07) is 22.9. The number of hydrogen-bond acceptors (Lipinski definition) is 4. The summed E-state index contributed by atoms with van der Waals surface area (Å²) < 4.78 is 0. The maximum atomic E-state index is 13.4. The van der Waals surface area contributed by atoms with Crippen LogP contribution in [0, 0.1) is 0 Å². The minimum atomic E-state index is -0.101. The van der Waals surface area contributed by atoms with E-state index in [2.05, 4.69) is 66.1 Å². The zero-order chi connectivity index (χ0) is 19.8. The normalized spacial score (nSPS) is 20.9. The predicted molar refractivity (Wildman–Crippen MR) is 121 cm³/mol. The molecule has 0 fully saturated rings. The third-order valence-corrected chi connectivity index (χ3v) is 7.19. The number of anilines is 2. The number of carbonyl (C=O) groups is 1. The summed E-state index contributed by atoms with van der Waals surface area (Å²) in [4.78, 5) is 16.0. The number of allylic oxidation sites excluding steroid dienone is 1. The van der Waals surface area contributed by atoms with E-state index in [4.69, 9.17) is 0 Å². The molecule has 0 amide bonds. The van der Waals surface area contributed by atoms with Gasteiger partial charge in [0.2, 0.25) is 0 Å². The molecule has 1 aliphatic heterocycles. The number of hydrogen-bond donors (Lipinski definition) is 2. The van der Waals surface area contributed by atoms with Gasteiger partial charge in [-0.3, -0.25) is 4.79 Å². The van der Waals surface area contributed by atoms with Crippen LogP contribution in [-0.4, -0.2) is 5.78 Å². The first-order chi connectivity index (χ1) is 14.2. The first kappa shape index (κ1) is 18.2. The summed E-state index contributed by atoms with van der Waals surface area (Å²) >= 11 is 1.80. The Labute approximate surface area is 175 Å². The lowest BCUT2D eigenvalue weighted by Crippen LogP contribution is -2.26. The van der Waals surface area contributed by atoms with Crippen LogP contribution in [0.2, 0.25) is 0 Å². The first-order valence-corrected chi connectivity index (χ1v) is 11.1. The van der Waals surface area contributed by atoms with Crippen LogP contribution >= 0.6 is 11.3 Å². The average molecular weight is 401 g/mol. The Morgan fingerprint density at radius 2 is 1.69 bits per heavy atom. The van der Waals surface area contributed by atoms with Crippen LogP contribution < -0.4 is 10.6 Å². The quantitative estimate of drug-likeness (QED) is 0.543. The minimum Gasteiger partial charge on any atom is -0.372 e. The largest absolute Gasteiger partial charge is 0.372 e. The van der Waals surface area contributed by atoms with E-state index in [1.807, 2.05) is 18.2 Å². The average Bonchev–Trinajstić information content (AvgIpc) is 3.16. The lowest BCUT2D eigenvalue weighted by molar-refractivity contribution is -0.116. The molecule has 0 saturated heterocycles. The lowest BCUT2D eigenvalue weighted by Gasteiger charge is -2.29. The van der Waals surface area contributed by atoms with Gasteiger partial charge >= 0.3 is 0 Å². The van der Waals surface area contributed by atoms with Crippen LogP contribution in [0.1, 0.15) is 47.0 Å². The molecule has 3 aromatic rings. The Bertz CT molecular complexity index is 1080. The van der Waals surface area contributed by atoms with Gasteiger partial charge in [0.15, 0.2) is 5.78 Å². The lowest BCUT2D eigenvalue weighted by atomic mass is 9.79. The predicted octanol–water partition coefficient (Wildman–Crippen LogP) is 6.29. The number of rotatable bonds is 3. The fourth-order valence-electron chi connectivity index (χ4n) is 4.41. The zero-order valence-electron chi connectivity index (χ0n) is 16.4. The van der Waals surface area contributed by atoms with Crippen molar-refractivity contribution in [3.05, 3.63) is 93.3 Å². The van der Waals surface area contributed by atoms with Crippen LogP contribution in [0.5, 0.6) is 0 Å². The van der Waals surface area contributed by atoms with E-state index in [0.717, 1.165) is 35.5 Å². The van der Waals surface area contributed by atoms with E-state index in [1.165, 1.54) is 15.3 Å². The van der Waals surface area contributed by atoms with Crippen molar-refractivity contribution < 1.29 is 4.79 Å². The zero-order valence-corrected chi connectivity index (χ0v) is 17.3. The SMILES string of the molecule is CCc1ccc(C2Nc3ccccc3NC3=C2C(=O)CC(c2ccccc2)C3)s1. The monoisotopic (exact) mass is 400 g/mol. The molecular formula is C25H24N2OS. The number of nitrogens with one attached hydrogen (secondary N) is 2. The highest BCUT2D eigenvalue weighted by Gasteiger charge is 2.36. The van der Waals surface area contributed by atoms with E-state index in [9.17, 15) is 4.79 Å². The minimum absolute atomic E-state index is 0.101. The molecule has 0 spiro atoms. The maximum absolute atomic E-state index is 13.4. The second-order valence-corrected chi connectivity index (χ2v) is 8.94. The van der Waals surface area contributed by atoms with Gasteiger partial charge in [0.1, 0.15) is 0 Å². The summed E-state index contributed by atoms with van der Waals surface area (Å²) in [5, 5.41) is 7.28. The summed E-state index contributed by atoms with van der Waals surface area (Å²) in [5.41, 5.74) is 5.28. The Kier molecular flexibility index (Phi) is 4.72. The molecule has 29 heavy (non-hydrogen) atoms. The van der Waals surface area contributed by atoms with Crippen molar-refractivity contribution in [2.45, 2.75) is 38.1 Å². The molecule has 4 heteroatoms. The topological polar surface area (TPSA) is 41.1 Å². The number of carbonyl (C=O) groups excluding carboxylic acids is 1. The van der Waals surface area contributed by atoms with Crippen molar-refractivity contribution in [2.75, 3.05) is 10.6 Å². The summed E-state index contributed by atoms with van der Waals surface area (Å²) in [6.45, 7) is 2.17. The van der Waals surface area contributed by atoms with Crippen LogP contribution in [-0.2, 0) is 11.2 Å². The Balaban J connectivity index is 1.60. The number of Topliss-reactive ketones (excluding diaryl/α,β-unsaturated/α-hetero) is 1. The van der Waals surface area contributed by atoms with Gasteiger partial charge < -0.3 is 10.6 Å². The molecule has 2 N–H and O–H groups in total. The number of ketones is 1. The van der Waals surface area contributed by atoms with E-state index in [-0.39, 0.29) is 17.7 Å². The Hall–Kier alpha value is -2.85. The van der Waals surface area contributed by atoms with E-state index in [1.54, 1.807) is 11.3 Å². The molecule has 146 valence electrons. The van der Waals surface area contributed by atoms with Crippen LogP contribution in [0.15, 0.2) is 78.0 Å².